The summed E-state index contributed by atoms with van der Waals surface area (Å²) >= 11 is 0. The summed E-state index contributed by atoms with van der Waals surface area (Å²) in [5, 5.41) is 9.00. The highest BCUT2D eigenvalue weighted by molar-refractivity contribution is 5.72. The molecular formula is C11H14N2O2. The summed E-state index contributed by atoms with van der Waals surface area (Å²) < 4.78 is 0. The van der Waals surface area contributed by atoms with E-state index in [0.29, 0.717) is 6.54 Å². The lowest BCUT2D eigenvalue weighted by Crippen LogP contribution is -2.23. The molecule has 0 aliphatic carbocycles. The minimum Gasteiger partial charge on any atom is -0.481 e. The van der Waals surface area contributed by atoms with Gasteiger partial charge >= 0.3 is 5.97 Å². The third kappa shape index (κ3) is 1.93. The summed E-state index contributed by atoms with van der Waals surface area (Å²) in [6, 6.07) is 5.69. The number of hydrogen-bond acceptors (Lipinski definition) is 3. The Balaban J connectivity index is 2.13. The molecule has 1 fully saturated rings. The molecule has 1 N–H and O–H groups in total. The molecule has 0 bridgehead atoms. The van der Waals surface area contributed by atoms with Crippen LogP contribution in [0, 0.1) is 11.8 Å². The van der Waals surface area contributed by atoms with Gasteiger partial charge in [0.05, 0.1) is 5.92 Å². The lowest BCUT2D eigenvalue weighted by molar-refractivity contribution is -0.142. The molecule has 1 aromatic heterocycles. The van der Waals surface area contributed by atoms with E-state index >= 15 is 0 Å². The molecule has 0 amide bonds. The summed E-state index contributed by atoms with van der Waals surface area (Å²) in [7, 11) is 0. The molecule has 15 heavy (non-hydrogen) atoms. The standard InChI is InChI=1S/C11H14N2O2/c1-8-6-13(7-9(8)11(14)15)10-4-2-3-5-12-10/h2-5,8-9H,6-7H2,1H3,(H,14,15)/t8-,9-/m1/s1. The van der Waals surface area contributed by atoms with E-state index in [1.807, 2.05) is 30.0 Å². The average Bonchev–Trinajstić information content (AvgIpc) is 2.62. The van der Waals surface area contributed by atoms with E-state index < -0.39 is 5.97 Å². The van der Waals surface area contributed by atoms with E-state index in [4.69, 9.17) is 5.11 Å². The molecule has 0 aromatic carbocycles. The second-order valence-corrected chi connectivity index (χ2v) is 4.01. The fraction of sp³-hybridized carbons (Fsp3) is 0.455. The Bertz CT molecular complexity index is 353. The average molecular weight is 206 g/mol. The van der Waals surface area contributed by atoms with Gasteiger partial charge in [0.15, 0.2) is 0 Å². The Morgan fingerprint density at radius 3 is 2.87 bits per heavy atom. The van der Waals surface area contributed by atoms with Gasteiger partial charge in [0.25, 0.3) is 0 Å². The van der Waals surface area contributed by atoms with E-state index in [9.17, 15) is 4.79 Å². The first-order chi connectivity index (χ1) is 7.18. The molecule has 0 unspecified atom stereocenters. The largest absolute Gasteiger partial charge is 0.481 e. The van der Waals surface area contributed by atoms with Gasteiger partial charge in [0.1, 0.15) is 5.82 Å². The summed E-state index contributed by atoms with van der Waals surface area (Å²) in [6.45, 7) is 3.31. The number of anilines is 1. The Hall–Kier alpha value is -1.58. The van der Waals surface area contributed by atoms with E-state index in [2.05, 4.69) is 4.98 Å². The van der Waals surface area contributed by atoms with Crippen molar-refractivity contribution >= 4 is 11.8 Å². The molecule has 2 atom stereocenters. The quantitative estimate of drug-likeness (QED) is 0.791. The zero-order valence-electron chi connectivity index (χ0n) is 8.63. The summed E-state index contributed by atoms with van der Waals surface area (Å²) in [5.41, 5.74) is 0. The number of nitrogens with zero attached hydrogens (tertiary/aromatic N) is 2. The highest BCUT2D eigenvalue weighted by Gasteiger charge is 2.35. The van der Waals surface area contributed by atoms with Crippen molar-refractivity contribution in [3.63, 3.8) is 0 Å². The van der Waals surface area contributed by atoms with Crippen molar-refractivity contribution in [1.29, 1.82) is 0 Å². The fourth-order valence-electron chi connectivity index (χ4n) is 2.02. The molecule has 1 saturated heterocycles. The topological polar surface area (TPSA) is 53.4 Å². The van der Waals surface area contributed by atoms with Crippen LogP contribution in [0.5, 0.6) is 0 Å². The molecule has 0 radical (unpaired) electrons. The van der Waals surface area contributed by atoms with Crippen molar-refractivity contribution in [2.75, 3.05) is 18.0 Å². The Kier molecular flexibility index (Phi) is 2.58. The third-order valence-corrected chi connectivity index (χ3v) is 2.90. The molecular weight excluding hydrogens is 192 g/mol. The van der Waals surface area contributed by atoms with Gasteiger partial charge in [-0.15, -0.1) is 0 Å². The van der Waals surface area contributed by atoms with Gasteiger partial charge in [-0.05, 0) is 18.1 Å². The van der Waals surface area contributed by atoms with Crippen LogP contribution in [0.2, 0.25) is 0 Å². The molecule has 1 aliphatic heterocycles. The van der Waals surface area contributed by atoms with Crippen LogP contribution < -0.4 is 4.90 Å². The molecule has 0 spiro atoms. The number of carboxylic acid groups (broad SMARTS) is 1. The van der Waals surface area contributed by atoms with Gasteiger partial charge in [-0.3, -0.25) is 4.79 Å². The Morgan fingerprint density at radius 2 is 2.33 bits per heavy atom. The van der Waals surface area contributed by atoms with Gasteiger partial charge in [-0.1, -0.05) is 13.0 Å². The Labute approximate surface area is 88.6 Å². The van der Waals surface area contributed by atoms with Crippen molar-refractivity contribution in [2.24, 2.45) is 11.8 Å². The fourth-order valence-corrected chi connectivity index (χ4v) is 2.02. The van der Waals surface area contributed by atoms with Crippen molar-refractivity contribution in [2.45, 2.75) is 6.92 Å². The minimum absolute atomic E-state index is 0.185. The summed E-state index contributed by atoms with van der Waals surface area (Å²) in [4.78, 5) is 17.2. The van der Waals surface area contributed by atoms with E-state index in [0.717, 1.165) is 12.4 Å². The number of carbonyl (C=O) groups is 1. The van der Waals surface area contributed by atoms with Gasteiger partial charge in [0, 0.05) is 19.3 Å². The smallest absolute Gasteiger partial charge is 0.308 e. The summed E-state index contributed by atoms with van der Waals surface area (Å²) in [6.07, 6.45) is 1.73. The van der Waals surface area contributed by atoms with Crippen LogP contribution in [-0.2, 0) is 4.79 Å². The number of rotatable bonds is 2. The van der Waals surface area contributed by atoms with Crippen LogP contribution in [0.3, 0.4) is 0 Å². The second-order valence-electron chi connectivity index (χ2n) is 4.01. The number of hydrogen-bond donors (Lipinski definition) is 1. The number of carboxylic acids is 1. The maximum Gasteiger partial charge on any atom is 0.308 e. The molecule has 4 heteroatoms. The number of pyridine rings is 1. The van der Waals surface area contributed by atoms with E-state index in [1.165, 1.54) is 0 Å². The first kappa shape index (κ1) is 9.96. The van der Waals surface area contributed by atoms with Crippen LogP contribution in [-0.4, -0.2) is 29.1 Å². The molecule has 1 aliphatic rings. The predicted octanol–water partition coefficient (Wildman–Crippen LogP) is 1.24. The lowest BCUT2D eigenvalue weighted by Gasteiger charge is -2.16. The monoisotopic (exact) mass is 206 g/mol. The molecule has 2 rings (SSSR count). The van der Waals surface area contributed by atoms with Crippen LogP contribution in [0.1, 0.15) is 6.92 Å². The minimum atomic E-state index is -0.707. The lowest BCUT2D eigenvalue weighted by atomic mass is 9.99. The maximum atomic E-state index is 10.9. The highest BCUT2D eigenvalue weighted by atomic mass is 16.4. The highest BCUT2D eigenvalue weighted by Crippen LogP contribution is 2.26. The molecule has 2 heterocycles. The van der Waals surface area contributed by atoms with Crippen molar-refractivity contribution < 1.29 is 9.90 Å². The van der Waals surface area contributed by atoms with Gasteiger partial charge in [-0.2, -0.15) is 0 Å². The maximum absolute atomic E-state index is 10.9. The second kappa shape index (κ2) is 3.88. The SMILES string of the molecule is C[C@@H]1CN(c2ccccn2)C[C@H]1C(=O)O. The van der Waals surface area contributed by atoms with Crippen LogP contribution in [0.25, 0.3) is 0 Å². The molecule has 1 aromatic rings. The Morgan fingerprint density at radius 1 is 1.53 bits per heavy atom. The molecule has 0 saturated carbocycles. The van der Waals surface area contributed by atoms with Crippen molar-refractivity contribution in [3.8, 4) is 0 Å². The van der Waals surface area contributed by atoms with E-state index in [-0.39, 0.29) is 11.8 Å². The van der Waals surface area contributed by atoms with Gasteiger partial charge < -0.3 is 10.0 Å². The summed E-state index contributed by atoms with van der Waals surface area (Å²) in [5.74, 6) is 0.0746. The third-order valence-electron chi connectivity index (χ3n) is 2.90. The first-order valence-electron chi connectivity index (χ1n) is 5.07. The zero-order chi connectivity index (χ0) is 10.8. The van der Waals surface area contributed by atoms with Gasteiger partial charge in [-0.25, -0.2) is 4.98 Å². The molecule has 80 valence electrons. The van der Waals surface area contributed by atoms with Crippen LogP contribution in [0.4, 0.5) is 5.82 Å². The van der Waals surface area contributed by atoms with Gasteiger partial charge in [0.2, 0.25) is 0 Å². The zero-order valence-corrected chi connectivity index (χ0v) is 8.63. The number of aliphatic carboxylic acids is 1. The first-order valence-corrected chi connectivity index (χ1v) is 5.07. The van der Waals surface area contributed by atoms with Crippen LogP contribution >= 0.6 is 0 Å². The van der Waals surface area contributed by atoms with E-state index in [1.54, 1.807) is 6.20 Å². The predicted molar refractivity (Wildman–Crippen MR) is 56.7 cm³/mol. The van der Waals surface area contributed by atoms with Crippen molar-refractivity contribution in [3.05, 3.63) is 24.4 Å². The van der Waals surface area contributed by atoms with Crippen molar-refractivity contribution in [1.82, 2.24) is 4.98 Å². The molecule has 4 nitrogen and oxygen atoms in total. The normalized spacial score (nSPS) is 25.5. The number of aromatic nitrogens is 1. The van der Waals surface area contributed by atoms with Crippen LogP contribution in [0.15, 0.2) is 24.4 Å².